The molecule has 3 rings (SSSR count). The first-order valence-corrected chi connectivity index (χ1v) is 7.70. The predicted molar refractivity (Wildman–Crippen MR) is 96.2 cm³/mol. The van der Waals surface area contributed by atoms with E-state index in [0.717, 1.165) is 21.9 Å². The van der Waals surface area contributed by atoms with Crippen LogP contribution in [-0.4, -0.2) is 15.8 Å². The quantitative estimate of drug-likeness (QED) is 0.506. The Hall–Kier alpha value is -1.70. The Morgan fingerprint density at radius 3 is 1.64 bits per heavy atom. The van der Waals surface area contributed by atoms with Crippen LogP contribution in [0.25, 0.3) is 21.8 Å². The molecular formula is C15H16N2O3P2. The van der Waals surface area contributed by atoms with Crippen molar-refractivity contribution in [3.05, 3.63) is 50.0 Å². The average Bonchev–Trinajstić information content (AvgIpc) is 2.48. The van der Waals surface area contributed by atoms with Crippen molar-refractivity contribution in [3.8, 4) is 5.75 Å². The second-order valence-corrected chi connectivity index (χ2v) is 6.31. The van der Waals surface area contributed by atoms with Gasteiger partial charge in [-0.05, 0) is 49.8 Å². The van der Waals surface area contributed by atoms with Gasteiger partial charge in [-0.15, -0.1) is 0 Å². The number of methoxy groups -OCH3 is 1. The molecule has 0 fully saturated rings. The second kappa shape index (κ2) is 5.19. The second-order valence-electron chi connectivity index (χ2n) is 5.27. The third kappa shape index (κ3) is 2.00. The first kappa shape index (κ1) is 15.2. The van der Waals surface area contributed by atoms with Crippen LogP contribution < -0.4 is 15.9 Å². The average molecular weight is 334 g/mol. The zero-order valence-electron chi connectivity index (χ0n) is 12.5. The lowest BCUT2D eigenvalue weighted by molar-refractivity contribution is 0.422. The normalized spacial score (nSPS) is 11.3. The minimum atomic E-state index is -0.141. The zero-order chi connectivity index (χ0) is 16.2. The van der Waals surface area contributed by atoms with Crippen LogP contribution in [0, 0.1) is 13.8 Å². The lowest BCUT2D eigenvalue weighted by Gasteiger charge is -2.17. The van der Waals surface area contributed by atoms with Gasteiger partial charge >= 0.3 is 0 Å². The smallest absolute Gasteiger partial charge is 0.254 e. The predicted octanol–water partition coefficient (Wildman–Crippen LogP) is 2.22. The van der Waals surface area contributed by atoms with Crippen LogP contribution in [0.5, 0.6) is 5.75 Å². The lowest BCUT2D eigenvalue weighted by atomic mass is 10.0. The molecule has 0 radical (unpaired) electrons. The highest BCUT2D eigenvalue weighted by Gasteiger charge is 2.17. The van der Waals surface area contributed by atoms with Crippen molar-refractivity contribution in [3.63, 3.8) is 0 Å². The monoisotopic (exact) mass is 334 g/mol. The maximum atomic E-state index is 12.1. The Balaban J connectivity index is 2.78. The fourth-order valence-electron chi connectivity index (χ4n) is 2.80. The van der Waals surface area contributed by atoms with E-state index in [-0.39, 0.29) is 11.1 Å². The molecule has 7 heteroatoms. The van der Waals surface area contributed by atoms with Crippen LogP contribution in [0.1, 0.15) is 11.1 Å². The zero-order valence-corrected chi connectivity index (χ0v) is 14.8. The van der Waals surface area contributed by atoms with Gasteiger partial charge < -0.3 is 4.74 Å². The van der Waals surface area contributed by atoms with E-state index in [1.807, 2.05) is 19.9 Å². The molecule has 0 amide bonds. The Kier molecular flexibility index (Phi) is 3.58. The number of aryl methyl sites for hydroxylation is 2. The van der Waals surface area contributed by atoms with Gasteiger partial charge in [-0.3, -0.25) is 18.3 Å². The van der Waals surface area contributed by atoms with Crippen molar-refractivity contribution in [2.75, 3.05) is 7.11 Å². The molecule has 0 saturated heterocycles. The molecule has 22 heavy (non-hydrogen) atoms. The minimum absolute atomic E-state index is 0.141. The summed E-state index contributed by atoms with van der Waals surface area (Å²) in [7, 11) is 6.36. The fraction of sp³-hybridized carbons (Fsp3) is 0.200. The number of benzene rings is 1. The van der Waals surface area contributed by atoms with Gasteiger partial charge in [0.1, 0.15) is 0 Å². The van der Waals surface area contributed by atoms with Gasteiger partial charge in [0.15, 0.2) is 5.75 Å². The van der Waals surface area contributed by atoms with E-state index in [4.69, 9.17) is 4.74 Å². The van der Waals surface area contributed by atoms with Gasteiger partial charge in [0.05, 0.1) is 18.1 Å². The van der Waals surface area contributed by atoms with Crippen molar-refractivity contribution in [1.29, 1.82) is 0 Å². The highest BCUT2D eigenvalue weighted by molar-refractivity contribution is 7.15. The van der Waals surface area contributed by atoms with Crippen LogP contribution in [0.2, 0.25) is 0 Å². The van der Waals surface area contributed by atoms with Gasteiger partial charge in [-0.25, -0.2) is 0 Å². The molecule has 0 aliphatic carbocycles. The largest absolute Gasteiger partial charge is 0.492 e. The summed E-state index contributed by atoms with van der Waals surface area (Å²) in [4.78, 5) is 24.2. The molecule has 0 aliphatic heterocycles. The summed E-state index contributed by atoms with van der Waals surface area (Å²) in [6, 6.07) is 5.18. The van der Waals surface area contributed by atoms with Crippen LogP contribution >= 0.6 is 18.8 Å². The molecule has 0 spiro atoms. The lowest BCUT2D eigenvalue weighted by Crippen LogP contribution is -2.16. The van der Waals surface area contributed by atoms with Gasteiger partial charge in [0.25, 0.3) is 11.1 Å². The minimum Gasteiger partial charge on any atom is -0.492 e. The Morgan fingerprint density at radius 1 is 0.864 bits per heavy atom. The number of rotatable bonds is 1. The van der Waals surface area contributed by atoms with E-state index in [9.17, 15) is 9.59 Å². The van der Waals surface area contributed by atoms with Crippen LogP contribution in [-0.2, 0) is 0 Å². The Morgan fingerprint density at radius 2 is 1.27 bits per heavy atom. The molecule has 1 aromatic carbocycles. The van der Waals surface area contributed by atoms with Gasteiger partial charge in [-0.1, -0.05) is 0 Å². The maximum absolute atomic E-state index is 12.1. The first-order valence-electron chi connectivity index (χ1n) is 6.66. The molecule has 2 aromatic heterocycles. The van der Waals surface area contributed by atoms with Crippen LogP contribution in [0.15, 0.2) is 27.8 Å². The molecule has 3 aromatic rings. The van der Waals surface area contributed by atoms with E-state index >= 15 is 0 Å². The highest BCUT2D eigenvalue weighted by Crippen LogP contribution is 2.37. The third-order valence-electron chi connectivity index (χ3n) is 3.92. The van der Waals surface area contributed by atoms with Crippen molar-refractivity contribution in [2.24, 2.45) is 0 Å². The first-order chi connectivity index (χ1) is 10.4. The fourth-order valence-corrected chi connectivity index (χ4v) is 3.46. The number of hydrogen-bond acceptors (Lipinski definition) is 3. The van der Waals surface area contributed by atoms with Gasteiger partial charge in [0.2, 0.25) is 0 Å². The summed E-state index contributed by atoms with van der Waals surface area (Å²) in [5.74, 6) is 0.513. The van der Waals surface area contributed by atoms with Crippen molar-refractivity contribution >= 4 is 40.6 Å². The Bertz CT molecular complexity index is 971. The third-order valence-corrected chi connectivity index (χ3v) is 4.94. The molecule has 2 atom stereocenters. The van der Waals surface area contributed by atoms with Crippen molar-refractivity contribution in [1.82, 2.24) is 8.68 Å². The van der Waals surface area contributed by atoms with E-state index < -0.39 is 0 Å². The Labute approximate surface area is 131 Å². The molecular weight excluding hydrogens is 318 g/mol. The van der Waals surface area contributed by atoms with E-state index in [1.165, 1.54) is 8.68 Å². The van der Waals surface area contributed by atoms with Gasteiger partial charge in [-0.2, -0.15) is 0 Å². The molecule has 2 heterocycles. The molecule has 5 nitrogen and oxygen atoms in total. The summed E-state index contributed by atoms with van der Waals surface area (Å²) in [5.41, 5.74) is 2.79. The van der Waals surface area contributed by atoms with E-state index in [0.29, 0.717) is 16.8 Å². The summed E-state index contributed by atoms with van der Waals surface area (Å²) >= 11 is 0. The molecule has 114 valence electrons. The number of hydrogen-bond donors (Lipinski definition) is 0. The van der Waals surface area contributed by atoms with Crippen molar-refractivity contribution in [2.45, 2.75) is 13.8 Å². The molecule has 0 saturated carbocycles. The molecule has 0 aliphatic rings. The maximum Gasteiger partial charge on any atom is 0.254 e. The van der Waals surface area contributed by atoms with Crippen LogP contribution in [0.3, 0.4) is 0 Å². The number of nitrogens with zero attached hydrogens (tertiary/aromatic N) is 2. The summed E-state index contributed by atoms with van der Waals surface area (Å²) in [6.45, 7) is 3.79. The standard InChI is InChI=1S/C15H16N2O3P2/c1-7-4-11(18)16(21)13-9(7)6-10-8(2)5-12(19)17(22)14(10)15(13)20-3/h4-6H,21-22H2,1-3H3. The number of aromatic nitrogens is 2. The number of pyridine rings is 2. The van der Waals surface area contributed by atoms with Crippen molar-refractivity contribution < 1.29 is 4.74 Å². The summed E-state index contributed by atoms with van der Waals surface area (Å²) in [6.07, 6.45) is 0. The molecule has 0 bridgehead atoms. The van der Waals surface area contributed by atoms with Gasteiger partial charge in [0, 0.05) is 22.9 Å². The van der Waals surface area contributed by atoms with E-state index in [2.05, 4.69) is 18.8 Å². The SMILES string of the molecule is COc1c2c(cc3c(C)cc(=O)n(P)c13)c(C)cc(=O)n2P. The van der Waals surface area contributed by atoms with Crippen LogP contribution in [0.4, 0.5) is 0 Å². The summed E-state index contributed by atoms with van der Waals surface area (Å²) < 4.78 is 8.52. The molecule has 0 N–H and O–H groups in total. The highest BCUT2D eigenvalue weighted by atomic mass is 31.0. The molecule has 2 unspecified atom stereocenters. The number of ether oxygens (including phenoxy) is 1. The topological polar surface area (TPSA) is 53.2 Å². The summed E-state index contributed by atoms with van der Waals surface area (Å²) in [5, 5.41) is 1.84. The van der Waals surface area contributed by atoms with E-state index in [1.54, 1.807) is 19.2 Å². The number of fused-ring (bicyclic) bond motifs is 2.